The number of carbonyl (C=O) groups is 1. The summed E-state index contributed by atoms with van der Waals surface area (Å²) in [5, 5.41) is 4.26. The van der Waals surface area contributed by atoms with Crippen LogP contribution < -0.4 is 5.73 Å². The summed E-state index contributed by atoms with van der Waals surface area (Å²) in [4.78, 5) is 11.6. The third-order valence-electron chi connectivity index (χ3n) is 2.79. The van der Waals surface area contributed by atoms with Gasteiger partial charge in [-0.05, 0) is 37.6 Å². The normalized spacial score (nSPS) is 10.5. The molecule has 0 spiro atoms. The first kappa shape index (κ1) is 13.3. The van der Waals surface area contributed by atoms with E-state index in [-0.39, 0.29) is 0 Å². The van der Waals surface area contributed by atoms with E-state index in [1.165, 1.54) is 0 Å². The lowest BCUT2D eigenvalue weighted by Gasteiger charge is -2.05. The van der Waals surface area contributed by atoms with Crippen molar-refractivity contribution in [1.82, 2.24) is 9.78 Å². The number of hydrogen-bond acceptors (Lipinski definition) is 4. The van der Waals surface area contributed by atoms with Crippen LogP contribution in [0.5, 0.6) is 0 Å². The Bertz CT molecular complexity index is 573. The van der Waals surface area contributed by atoms with Crippen molar-refractivity contribution in [3.8, 4) is 5.69 Å². The van der Waals surface area contributed by atoms with Gasteiger partial charge in [-0.3, -0.25) is 0 Å². The van der Waals surface area contributed by atoms with Crippen LogP contribution in [0.2, 0.25) is 0 Å². The van der Waals surface area contributed by atoms with E-state index in [2.05, 4.69) is 5.10 Å². The topological polar surface area (TPSA) is 70.1 Å². The Morgan fingerprint density at radius 1 is 1.37 bits per heavy atom. The fourth-order valence-electron chi connectivity index (χ4n) is 1.81. The number of carbonyl (C=O) groups excluding carboxylic acids is 1. The number of rotatable bonds is 4. The van der Waals surface area contributed by atoms with Gasteiger partial charge in [-0.1, -0.05) is 12.1 Å². The minimum absolute atomic E-state index is 0.322. The molecule has 19 heavy (non-hydrogen) atoms. The van der Waals surface area contributed by atoms with Crippen LogP contribution in [0, 0.1) is 6.92 Å². The van der Waals surface area contributed by atoms with Crippen LogP contribution in [0.3, 0.4) is 0 Å². The predicted octanol–water partition coefficient (Wildman–Crippen LogP) is 1.82. The molecule has 100 valence electrons. The van der Waals surface area contributed by atoms with Crippen LogP contribution >= 0.6 is 0 Å². The molecule has 0 saturated carbocycles. The van der Waals surface area contributed by atoms with Crippen molar-refractivity contribution in [2.24, 2.45) is 5.73 Å². The highest BCUT2D eigenvalue weighted by Crippen LogP contribution is 2.13. The Morgan fingerprint density at radius 3 is 2.63 bits per heavy atom. The Balaban J connectivity index is 2.31. The van der Waals surface area contributed by atoms with Crippen molar-refractivity contribution in [3.05, 3.63) is 47.3 Å². The van der Waals surface area contributed by atoms with Gasteiger partial charge in [0.05, 0.1) is 12.3 Å². The zero-order chi connectivity index (χ0) is 13.8. The van der Waals surface area contributed by atoms with E-state index in [1.807, 2.05) is 31.2 Å². The molecule has 1 aromatic heterocycles. The molecule has 2 aromatic rings. The Kier molecular flexibility index (Phi) is 3.97. The third-order valence-corrected chi connectivity index (χ3v) is 2.79. The fraction of sp³-hybridized carbons (Fsp3) is 0.286. The van der Waals surface area contributed by atoms with Gasteiger partial charge in [-0.2, -0.15) is 5.10 Å². The van der Waals surface area contributed by atoms with Gasteiger partial charge in [-0.25, -0.2) is 9.48 Å². The number of nitrogens with zero attached hydrogens (tertiary/aromatic N) is 2. The number of nitrogens with two attached hydrogens (primary N) is 1. The van der Waals surface area contributed by atoms with E-state index in [1.54, 1.807) is 17.7 Å². The van der Waals surface area contributed by atoms with Crippen molar-refractivity contribution in [2.45, 2.75) is 20.4 Å². The van der Waals surface area contributed by atoms with Crippen molar-refractivity contribution in [3.63, 3.8) is 0 Å². The van der Waals surface area contributed by atoms with Gasteiger partial charge >= 0.3 is 5.97 Å². The Labute approximate surface area is 112 Å². The Morgan fingerprint density at radius 2 is 2.05 bits per heavy atom. The molecule has 0 bridgehead atoms. The second-order valence-electron chi connectivity index (χ2n) is 4.17. The summed E-state index contributed by atoms with van der Waals surface area (Å²) in [7, 11) is 0. The van der Waals surface area contributed by atoms with Crippen LogP contribution in [0.25, 0.3) is 5.69 Å². The molecule has 1 aromatic carbocycles. The largest absolute Gasteiger partial charge is 0.461 e. The van der Waals surface area contributed by atoms with Gasteiger partial charge in [0.2, 0.25) is 0 Å². The van der Waals surface area contributed by atoms with Gasteiger partial charge < -0.3 is 10.5 Å². The lowest BCUT2D eigenvalue weighted by atomic mass is 10.2. The zero-order valence-electron chi connectivity index (χ0n) is 11.1. The smallest absolute Gasteiger partial charge is 0.358 e. The molecule has 0 saturated heterocycles. The zero-order valence-corrected chi connectivity index (χ0v) is 11.1. The number of aryl methyl sites for hydroxylation is 1. The molecule has 0 radical (unpaired) electrons. The standard InChI is InChI=1S/C14H17N3O2/c1-3-19-14(18)13-8-10(2)17(16-13)12-6-4-11(9-15)5-7-12/h4-8H,3,9,15H2,1-2H3. The lowest BCUT2D eigenvalue weighted by molar-refractivity contribution is 0.0519. The van der Waals surface area contributed by atoms with Gasteiger partial charge in [0, 0.05) is 12.2 Å². The Hall–Kier alpha value is -2.14. The van der Waals surface area contributed by atoms with Crippen LogP contribution in [0.1, 0.15) is 28.7 Å². The second kappa shape index (κ2) is 5.67. The highest BCUT2D eigenvalue weighted by molar-refractivity contribution is 5.87. The summed E-state index contributed by atoms with van der Waals surface area (Å²) in [5.74, 6) is -0.400. The first-order valence-corrected chi connectivity index (χ1v) is 6.19. The minimum atomic E-state index is -0.400. The summed E-state index contributed by atoms with van der Waals surface area (Å²) < 4.78 is 6.65. The molecule has 0 aliphatic carbocycles. The molecule has 1 heterocycles. The van der Waals surface area contributed by atoms with Gasteiger partial charge in [0.25, 0.3) is 0 Å². The molecule has 0 amide bonds. The number of esters is 1. The molecule has 0 unspecified atom stereocenters. The maximum absolute atomic E-state index is 11.6. The highest BCUT2D eigenvalue weighted by Gasteiger charge is 2.13. The lowest BCUT2D eigenvalue weighted by Crippen LogP contribution is -2.07. The first-order valence-electron chi connectivity index (χ1n) is 6.19. The highest BCUT2D eigenvalue weighted by atomic mass is 16.5. The molecule has 5 nitrogen and oxygen atoms in total. The number of aromatic nitrogens is 2. The van der Waals surface area contributed by atoms with Crippen molar-refractivity contribution in [1.29, 1.82) is 0 Å². The SMILES string of the molecule is CCOC(=O)c1cc(C)n(-c2ccc(CN)cc2)n1. The van der Waals surface area contributed by atoms with Crippen molar-refractivity contribution >= 4 is 5.97 Å². The monoisotopic (exact) mass is 259 g/mol. The van der Waals surface area contributed by atoms with Gasteiger partial charge in [0.1, 0.15) is 0 Å². The summed E-state index contributed by atoms with van der Waals surface area (Å²) in [5.41, 5.74) is 8.71. The summed E-state index contributed by atoms with van der Waals surface area (Å²) >= 11 is 0. The van der Waals surface area contributed by atoms with Crippen LogP contribution in [-0.2, 0) is 11.3 Å². The molecule has 5 heteroatoms. The summed E-state index contributed by atoms with van der Waals surface area (Å²) in [6.45, 7) is 4.52. The third kappa shape index (κ3) is 2.82. The average Bonchev–Trinajstić information content (AvgIpc) is 2.81. The molecule has 0 fully saturated rings. The van der Waals surface area contributed by atoms with Crippen LogP contribution in [0.15, 0.2) is 30.3 Å². The summed E-state index contributed by atoms with van der Waals surface area (Å²) in [6.07, 6.45) is 0. The molecule has 0 aliphatic heterocycles. The van der Waals surface area contributed by atoms with Crippen molar-refractivity contribution < 1.29 is 9.53 Å². The van der Waals surface area contributed by atoms with E-state index in [0.717, 1.165) is 16.9 Å². The van der Waals surface area contributed by atoms with Gasteiger partial charge in [0.15, 0.2) is 5.69 Å². The molecular formula is C14H17N3O2. The maximum atomic E-state index is 11.6. The van der Waals surface area contributed by atoms with Crippen LogP contribution in [0.4, 0.5) is 0 Å². The predicted molar refractivity (Wildman–Crippen MR) is 72.1 cm³/mol. The first-order chi connectivity index (χ1) is 9.15. The van der Waals surface area contributed by atoms with E-state index in [9.17, 15) is 4.79 Å². The van der Waals surface area contributed by atoms with Crippen molar-refractivity contribution in [2.75, 3.05) is 6.61 Å². The number of benzene rings is 1. The molecule has 0 aliphatic rings. The minimum Gasteiger partial charge on any atom is -0.461 e. The number of hydrogen-bond donors (Lipinski definition) is 1. The molecule has 2 N–H and O–H groups in total. The van der Waals surface area contributed by atoms with Crippen LogP contribution in [-0.4, -0.2) is 22.4 Å². The maximum Gasteiger partial charge on any atom is 0.358 e. The van der Waals surface area contributed by atoms with E-state index in [0.29, 0.717) is 18.8 Å². The van der Waals surface area contributed by atoms with Gasteiger partial charge in [-0.15, -0.1) is 0 Å². The average molecular weight is 259 g/mol. The second-order valence-corrected chi connectivity index (χ2v) is 4.17. The van der Waals surface area contributed by atoms with E-state index >= 15 is 0 Å². The quantitative estimate of drug-likeness (QED) is 0.850. The molecule has 2 rings (SSSR count). The van der Waals surface area contributed by atoms with E-state index < -0.39 is 5.97 Å². The molecule has 0 atom stereocenters. The summed E-state index contributed by atoms with van der Waals surface area (Å²) in [6, 6.07) is 9.46. The fourth-order valence-corrected chi connectivity index (χ4v) is 1.81. The van der Waals surface area contributed by atoms with E-state index in [4.69, 9.17) is 10.5 Å². The molecular weight excluding hydrogens is 242 g/mol. The number of ether oxygens (including phenoxy) is 1.